The predicted molar refractivity (Wildman–Crippen MR) is 568 cm³/mol. The Morgan fingerprint density at radius 2 is 0.459 bits per heavy atom. The van der Waals surface area contributed by atoms with E-state index in [1.54, 1.807) is 0 Å². The van der Waals surface area contributed by atoms with Gasteiger partial charge in [0.05, 0.1) is 11.4 Å². The quantitative estimate of drug-likeness (QED) is 0.0709. The van der Waals surface area contributed by atoms with E-state index in [1.165, 1.54) is 51.1 Å². The third-order valence-electron chi connectivity index (χ3n) is 24.9. The molecule has 3 aromatic heterocycles. The van der Waals surface area contributed by atoms with Crippen molar-refractivity contribution in [3.05, 3.63) is 522 Å². The summed E-state index contributed by atoms with van der Waals surface area (Å²) in [6.45, 7) is 0. The molecule has 0 aliphatic heterocycles. The SMILES string of the molecule is c1ccc(-c2cc(N(c3ccccc3)c3ccc4c(c3)sc3cc(N(c5ccccc5)c5cc6ccccc6cc5-c5ccc(N(c6ccccc6)c6ccccc6)cc5)ccc34)c3oc4ccccc4c3c2)cc1.c1ccc(-c2cc(N(c3ccccc3)c3ccccc3)cc(N(c3ccccc3)c3ccc4c(c3)sc3ccc(N(c5ccccc5)c5ccccc5)cc34)c2)cc1. The molecular weight excluding hydrogens is 1650 g/mol. The highest BCUT2D eigenvalue weighted by Gasteiger charge is 2.27. The van der Waals surface area contributed by atoms with E-state index in [4.69, 9.17) is 4.42 Å². The van der Waals surface area contributed by atoms with Crippen molar-refractivity contribution in [1.29, 1.82) is 0 Å². The van der Waals surface area contributed by atoms with E-state index in [-0.39, 0.29) is 0 Å². The van der Waals surface area contributed by atoms with Gasteiger partial charge in [-0.3, -0.25) is 0 Å². The molecule has 0 fully saturated rings. The first-order chi connectivity index (χ1) is 65.9. The van der Waals surface area contributed by atoms with Gasteiger partial charge < -0.3 is 33.8 Å². The maximum atomic E-state index is 6.80. The minimum atomic E-state index is 0.854. The lowest BCUT2D eigenvalue weighted by atomic mass is 9.97. The third-order valence-corrected chi connectivity index (χ3v) is 27.2. The molecule has 0 unspecified atom stereocenters. The van der Waals surface area contributed by atoms with Crippen molar-refractivity contribution in [3.8, 4) is 33.4 Å². The lowest BCUT2D eigenvalue weighted by Crippen LogP contribution is -2.13. The van der Waals surface area contributed by atoms with Crippen LogP contribution in [0.2, 0.25) is 0 Å². The first-order valence-corrected chi connectivity index (χ1v) is 46.6. The first kappa shape index (κ1) is 80.5. The minimum Gasteiger partial charge on any atom is -0.454 e. The Labute approximate surface area is 781 Å². The molecule has 0 N–H and O–H groups in total. The maximum Gasteiger partial charge on any atom is 0.159 e. The smallest absolute Gasteiger partial charge is 0.159 e. The normalized spacial score (nSPS) is 11.3. The van der Waals surface area contributed by atoms with Gasteiger partial charge in [0, 0.05) is 148 Å². The van der Waals surface area contributed by atoms with Gasteiger partial charge in [0.1, 0.15) is 5.58 Å². The van der Waals surface area contributed by atoms with Crippen molar-refractivity contribution < 1.29 is 4.42 Å². The Morgan fingerprint density at radius 1 is 0.150 bits per heavy atom. The Kier molecular flexibility index (Phi) is 21.7. The average Bonchev–Trinajstić information content (AvgIpc) is 1.72. The Bertz CT molecular complexity index is 8120. The van der Waals surface area contributed by atoms with Crippen LogP contribution in [0, 0.1) is 0 Å². The molecule has 0 radical (unpaired) electrons. The molecule has 21 aromatic carbocycles. The van der Waals surface area contributed by atoms with E-state index in [1.807, 2.05) is 28.7 Å². The van der Waals surface area contributed by atoms with Crippen LogP contribution in [0.15, 0.2) is 526 Å². The number of nitrogens with zero attached hydrogens (tertiary/aromatic N) is 6. The Balaban J connectivity index is 0.000000156. The molecule has 630 valence electrons. The zero-order chi connectivity index (χ0) is 88.3. The molecule has 0 atom stereocenters. The summed E-state index contributed by atoms with van der Waals surface area (Å²) < 4.78 is 11.7. The maximum absolute atomic E-state index is 6.80. The van der Waals surface area contributed by atoms with Crippen LogP contribution in [0.5, 0.6) is 0 Å². The number of benzene rings is 21. The van der Waals surface area contributed by atoms with Crippen LogP contribution >= 0.6 is 22.7 Å². The number of furan rings is 1. The second kappa shape index (κ2) is 35.9. The molecule has 133 heavy (non-hydrogen) atoms. The number of rotatable bonds is 21. The summed E-state index contributed by atoms with van der Waals surface area (Å²) in [7, 11) is 0. The van der Waals surface area contributed by atoms with Crippen LogP contribution < -0.4 is 29.4 Å². The first-order valence-electron chi connectivity index (χ1n) is 45.0. The summed E-state index contributed by atoms with van der Waals surface area (Å²) in [6.07, 6.45) is 0. The predicted octanol–water partition coefficient (Wildman–Crippen LogP) is 37.0. The fraction of sp³-hybridized carbons (Fsp3) is 0. The number of para-hydroxylation sites is 10. The monoisotopic (exact) mass is 1740 g/mol. The molecule has 0 aliphatic rings. The van der Waals surface area contributed by atoms with Crippen molar-refractivity contribution in [2.75, 3.05) is 29.4 Å². The van der Waals surface area contributed by atoms with E-state index in [0.717, 1.165) is 158 Å². The van der Waals surface area contributed by atoms with Crippen molar-refractivity contribution in [2.24, 2.45) is 0 Å². The van der Waals surface area contributed by atoms with Crippen molar-refractivity contribution >= 4 is 198 Å². The van der Waals surface area contributed by atoms with Gasteiger partial charge in [-0.1, -0.05) is 297 Å². The van der Waals surface area contributed by atoms with E-state index >= 15 is 0 Å². The number of hydrogen-bond donors (Lipinski definition) is 0. The summed E-state index contributed by atoms with van der Waals surface area (Å²) >= 11 is 3.68. The van der Waals surface area contributed by atoms with Crippen molar-refractivity contribution in [3.63, 3.8) is 0 Å². The third kappa shape index (κ3) is 16.0. The fourth-order valence-corrected chi connectivity index (χ4v) is 21.1. The van der Waals surface area contributed by atoms with Crippen LogP contribution in [0.4, 0.5) is 102 Å². The highest BCUT2D eigenvalue weighted by atomic mass is 32.1. The van der Waals surface area contributed by atoms with Gasteiger partial charge in [0.2, 0.25) is 0 Å². The molecular formula is C124H86N6OS2. The van der Waals surface area contributed by atoms with Crippen molar-refractivity contribution in [2.45, 2.75) is 0 Å². The Morgan fingerprint density at radius 3 is 0.902 bits per heavy atom. The zero-order valence-corrected chi connectivity index (χ0v) is 74.2. The molecule has 0 spiro atoms. The number of fused-ring (bicyclic) bond motifs is 10. The number of thiophene rings is 2. The molecule has 0 saturated carbocycles. The highest BCUT2D eigenvalue weighted by Crippen LogP contribution is 2.52. The molecule has 3 heterocycles. The van der Waals surface area contributed by atoms with Gasteiger partial charge in [-0.2, -0.15) is 0 Å². The number of hydrogen-bond acceptors (Lipinski definition) is 9. The average molecular weight is 1740 g/mol. The summed E-state index contributed by atoms with van der Waals surface area (Å²) in [5.41, 5.74) is 28.2. The van der Waals surface area contributed by atoms with Crippen LogP contribution in [-0.4, -0.2) is 0 Å². The van der Waals surface area contributed by atoms with Gasteiger partial charge in [0.15, 0.2) is 5.58 Å². The molecule has 0 bridgehead atoms. The molecule has 7 nitrogen and oxygen atoms in total. The van der Waals surface area contributed by atoms with Crippen LogP contribution in [0.3, 0.4) is 0 Å². The van der Waals surface area contributed by atoms with Gasteiger partial charge in [-0.15, -0.1) is 22.7 Å². The largest absolute Gasteiger partial charge is 0.454 e. The lowest BCUT2D eigenvalue weighted by molar-refractivity contribution is 0.669. The lowest BCUT2D eigenvalue weighted by Gasteiger charge is -2.30. The molecule has 0 aliphatic carbocycles. The van der Waals surface area contributed by atoms with Crippen LogP contribution in [-0.2, 0) is 0 Å². The van der Waals surface area contributed by atoms with E-state index < -0.39 is 0 Å². The number of anilines is 18. The van der Waals surface area contributed by atoms with Gasteiger partial charge in [0.25, 0.3) is 0 Å². The Hall–Kier alpha value is -17.1. The minimum absolute atomic E-state index is 0.854. The fourth-order valence-electron chi connectivity index (χ4n) is 18.8. The molecule has 0 amide bonds. The van der Waals surface area contributed by atoms with Gasteiger partial charge in [-0.05, 0) is 263 Å². The highest BCUT2D eigenvalue weighted by molar-refractivity contribution is 7.26. The van der Waals surface area contributed by atoms with Crippen LogP contribution in [0.1, 0.15) is 0 Å². The second-order valence-corrected chi connectivity index (χ2v) is 35.3. The standard InChI is InChI=1S/C70H47N3OS.C54H39N3S/c1-6-20-48(21-7-1)52-43-64-60-32-18-19-33-67(60)74-70(64)66(45-52)73(56-30-14-5-15-31-56)59-39-41-62-61-40-38-58(46-68(61)75-69(62)47-59)72(55-28-12-4-13-29-55)65-44-51-23-17-16-22-50(51)42-63(65)49-34-36-57(37-35-49)71(53-24-8-2-9-25-53)54-26-10-3-11-27-54;1-7-19-40(20-8-1)41-35-49(56(44-25-13-4-14-26-44)45-27-15-5-16-28-45)37-50(36-41)57(46-29-17-6-18-30-46)48-31-33-51-52-38-47(32-34-53(52)58-54(51)39-48)55(42-21-9-2-10-22-42)43-23-11-3-12-24-43/h1-47H;1-39H. The molecule has 24 aromatic rings. The molecule has 0 saturated heterocycles. The molecule has 9 heteroatoms. The molecule has 24 rings (SSSR count). The van der Waals surface area contributed by atoms with Gasteiger partial charge >= 0.3 is 0 Å². The van der Waals surface area contributed by atoms with E-state index in [0.29, 0.717) is 0 Å². The summed E-state index contributed by atoms with van der Waals surface area (Å²) in [5, 5.41) is 9.51. The van der Waals surface area contributed by atoms with E-state index in [9.17, 15) is 0 Å². The van der Waals surface area contributed by atoms with Crippen molar-refractivity contribution in [1.82, 2.24) is 0 Å². The van der Waals surface area contributed by atoms with E-state index in [2.05, 4.69) is 545 Å². The second-order valence-electron chi connectivity index (χ2n) is 33.2. The van der Waals surface area contributed by atoms with Gasteiger partial charge in [-0.25, -0.2) is 0 Å². The topological polar surface area (TPSA) is 32.6 Å². The zero-order valence-electron chi connectivity index (χ0n) is 72.6. The van der Waals surface area contributed by atoms with Crippen LogP contribution in [0.25, 0.3) is 106 Å². The summed E-state index contributed by atoms with van der Waals surface area (Å²) in [4.78, 5) is 14.2. The summed E-state index contributed by atoms with van der Waals surface area (Å²) in [6, 6.07) is 187. The summed E-state index contributed by atoms with van der Waals surface area (Å²) in [5.74, 6) is 0.